The molecule has 0 saturated heterocycles. The molecule has 1 amide bonds. The normalized spacial score (nSPS) is 14.8. The molecule has 0 aromatic heterocycles. The summed E-state index contributed by atoms with van der Waals surface area (Å²) in [6.45, 7) is 0. The van der Waals surface area contributed by atoms with Gasteiger partial charge >= 0.3 is 12.1 Å². The van der Waals surface area contributed by atoms with Gasteiger partial charge in [-0.1, -0.05) is 36.4 Å². The number of carbonyl (C=O) groups is 2. The summed E-state index contributed by atoms with van der Waals surface area (Å²) in [5, 5.41) is 2.65. The first kappa shape index (κ1) is 25.3. The van der Waals surface area contributed by atoms with Gasteiger partial charge in [-0.3, -0.25) is 9.59 Å². The Labute approximate surface area is 209 Å². The van der Waals surface area contributed by atoms with Crippen molar-refractivity contribution in [2.45, 2.75) is 18.6 Å². The number of rotatable bonds is 7. The summed E-state index contributed by atoms with van der Waals surface area (Å²) in [4.78, 5) is 26.4. The quantitative estimate of drug-likeness (QED) is 0.235. The second-order valence-electron chi connectivity index (χ2n) is 7.94. The SMILES string of the molecule is COC(=O)[C@@H](Cc1ccc(Oc2ccc(/C=C3/C(=O)Nc4ccccc43)c(C(F)(F)F)c2)cc1)NCl. The lowest BCUT2D eigenvalue weighted by Crippen LogP contribution is -2.33. The smallest absolute Gasteiger partial charge is 0.417 e. The summed E-state index contributed by atoms with van der Waals surface area (Å²) in [7, 11) is 1.25. The first-order chi connectivity index (χ1) is 17.2. The minimum atomic E-state index is -4.68. The van der Waals surface area contributed by atoms with Gasteiger partial charge in [-0.15, -0.1) is 0 Å². The van der Waals surface area contributed by atoms with E-state index in [9.17, 15) is 22.8 Å². The fourth-order valence-corrected chi connectivity index (χ4v) is 3.95. The first-order valence-electron chi connectivity index (χ1n) is 10.7. The lowest BCUT2D eigenvalue weighted by Gasteiger charge is -2.14. The number of amides is 1. The predicted molar refractivity (Wildman–Crippen MR) is 129 cm³/mol. The minimum Gasteiger partial charge on any atom is -0.468 e. The Morgan fingerprint density at radius 1 is 1.08 bits per heavy atom. The first-order valence-corrected chi connectivity index (χ1v) is 11.1. The number of halogens is 4. The molecule has 3 aromatic carbocycles. The van der Waals surface area contributed by atoms with Gasteiger partial charge in [0.25, 0.3) is 5.91 Å². The third-order valence-electron chi connectivity index (χ3n) is 5.56. The molecule has 0 bridgehead atoms. The van der Waals surface area contributed by atoms with Crippen molar-refractivity contribution in [3.05, 3.63) is 89.0 Å². The Morgan fingerprint density at radius 3 is 2.44 bits per heavy atom. The summed E-state index contributed by atoms with van der Waals surface area (Å²) in [6.07, 6.45) is -3.21. The summed E-state index contributed by atoms with van der Waals surface area (Å²) < 4.78 is 52.0. The number of hydrogen-bond donors (Lipinski definition) is 2. The van der Waals surface area contributed by atoms with Crippen LogP contribution in [0.25, 0.3) is 11.6 Å². The van der Waals surface area contributed by atoms with Crippen molar-refractivity contribution in [1.82, 2.24) is 4.84 Å². The number of fused-ring (bicyclic) bond motifs is 1. The number of alkyl halides is 3. The zero-order valence-corrected chi connectivity index (χ0v) is 19.6. The van der Waals surface area contributed by atoms with Crippen LogP contribution in [0.4, 0.5) is 18.9 Å². The van der Waals surface area contributed by atoms with Crippen LogP contribution < -0.4 is 14.9 Å². The molecule has 4 rings (SSSR count). The molecule has 3 aromatic rings. The van der Waals surface area contributed by atoms with E-state index >= 15 is 0 Å². The number of esters is 1. The van der Waals surface area contributed by atoms with Gasteiger partial charge in [-0.05, 0) is 65.7 Å². The molecule has 36 heavy (non-hydrogen) atoms. The summed E-state index contributed by atoms with van der Waals surface area (Å²) in [5.74, 6) is -0.721. The van der Waals surface area contributed by atoms with E-state index in [1.165, 1.54) is 25.3 Å². The lowest BCUT2D eigenvalue weighted by atomic mass is 10.00. The van der Waals surface area contributed by atoms with Crippen LogP contribution >= 0.6 is 11.8 Å². The molecule has 186 valence electrons. The maximum atomic E-state index is 13.9. The fraction of sp³-hybridized carbons (Fsp3) is 0.154. The van der Waals surface area contributed by atoms with Gasteiger partial charge in [-0.25, -0.2) is 4.84 Å². The van der Waals surface area contributed by atoms with Gasteiger partial charge in [0.05, 0.1) is 12.7 Å². The van der Waals surface area contributed by atoms with Crippen molar-refractivity contribution in [2.24, 2.45) is 0 Å². The Bertz CT molecular complexity index is 1320. The van der Waals surface area contributed by atoms with Crippen molar-refractivity contribution in [3.8, 4) is 11.5 Å². The van der Waals surface area contributed by atoms with Crippen LogP contribution in [0.2, 0.25) is 0 Å². The minimum absolute atomic E-state index is 0.0247. The average Bonchev–Trinajstić information content (AvgIpc) is 3.18. The second-order valence-corrected chi connectivity index (χ2v) is 8.16. The summed E-state index contributed by atoms with van der Waals surface area (Å²) in [6, 6.07) is 16.1. The fourth-order valence-electron chi connectivity index (χ4n) is 3.78. The highest BCUT2D eigenvalue weighted by Gasteiger charge is 2.34. The number of para-hydroxylation sites is 1. The van der Waals surface area contributed by atoms with Gasteiger partial charge in [-0.2, -0.15) is 13.2 Å². The molecule has 6 nitrogen and oxygen atoms in total. The number of benzene rings is 3. The molecular formula is C26H20ClF3N2O4. The Hall–Kier alpha value is -3.82. The molecule has 0 radical (unpaired) electrons. The zero-order chi connectivity index (χ0) is 25.9. The van der Waals surface area contributed by atoms with Crippen molar-refractivity contribution in [2.75, 3.05) is 12.4 Å². The molecule has 1 heterocycles. The van der Waals surface area contributed by atoms with Crippen LogP contribution in [0.5, 0.6) is 11.5 Å². The van der Waals surface area contributed by atoms with E-state index in [1.54, 1.807) is 48.5 Å². The largest absolute Gasteiger partial charge is 0.468 e. The summed E-state index contributed by atoms with van der Waals surface area (Å²) in [5.41, 5.74) is 0.876. The molecular weight excluding hydrogens is 497 g/mol. The molecule has 0 saturated carbocycles. The molecule has 0 fully saturated rings. The van der Waals surface area contributed by atoms with Crippen LogP contribution in [0.15, 0.2) is 66.7 Å². The van der Waals surface area contributed by atoms with E-state index in [4.69, 9.17) is 16.5 Å². The van der Waals surface area contributed by atoms with E-state index in [1.807, 2.05) is 0 Å². The molecule has 1 atom stereocenters. The van der Waals surface area contributed by atoms with Crippen molar-refractivity contribution in [3.63, 3.8) is 0 Å². The Morgan fingerprint density at radius 2 is 1.78 bits per heavy atom. The molecule has 0 spiro atoms. The average molecular weight is 517 g/mol. The third kappa shape index (κ3) is 5.53. The van der Waals surface area contributed by atoms with Crippen molar-refractivity contribution < 1.29 is 32.2 Å². The Kier molecular flexibility index (Phi) is 7.32. The maximum absolute atomic E-state index is 13.9. The van der Waals surface area contributed by atoms with Gasteiger partial charge in [0.1, 0.15) is 17.5 Å². The Balaban J connectivity index is 1.58. The van der Waals surface area contributed by atoms with Crippen LogP contribution in [-0.4, -0.2) is 25.0 Å². The molecule has 0 aliphatic carbocycles. The number of hydrogen-bond acceptors (Lipinski definition) is 5. The zero-order valence-electron chi connectivity index (χ0n) is 18.9. The number of ether oxygens (including phenoxy) is 2. The van der Waals surface area contributed by atoms with E-state index in [0.717, 1.165) is 11.6 Å². The number of nitrogens with one attached hydrogen (secondary N) is 2. The van der Waals surface area contributed by atoms with Gasteiger partial charge in [0.2, 0.25) is 0 Å². The van der Waals surface area contributed by atoms with E-state index < -0.39 is 29.7 Å². The monoisotopic (exact) mass is 516 g/mol. The number of methoxy groups -OCH3 is 1. The topological polar surface area (TPSA) is 76.7 Å². The van der Waals surface area contributed by atoms with Crippen LogP contribution in [0, 0.1) is 0 Å². The van der Waals surface area contributed by atoms with Gasteiger partial charge in [0.15, 0.2) is 0 Å². The summed E-state index contributed by atoms with van der Waals surface area (Å²) >= 11 is 5.59. The van der Waals surface area contributed by atoms with Crippen LogP contribution in [-0.2, 0) is 26.9 Å². The highest BCUT2D eigenvalue weighted by Crippen LogP contribution is 2.39. The van der Waals surface area contributed by atoms with Crippen molar-refractivity contribution >= 4 is 41.0 Å². The van der Waals surface area contributed by atoms with Crippen LogP contribution in [0.3, 0.4) is 0 Å². The molecule has 2 N–H and O–H groups in total. The van der Waals surface area contributed by atoms with Crippen LogP contribution in [0.1, 0.15) is 22.3 Å². The molecule has 1 aliphatic rings. The number of anilines is 1. The standard InChI is InChI=1S/C26H20ClF3N2O4/c1-35-25(34)23(32-27)12-15-6-9-17(10-7-15)36-18-11-8-16(21(14-18)26(28,29)30)13-20-19-4-2-3-5-22(19)31-24(20)33/h2-11,13-14,23,32H,12H2,1H3,(H,31,33)/b20-13+/t23-/m1/s1. The van der Waals surface area contributed by atoms with E-state index in [2.05, 4.69) is 14.9 Å². The lowest BCUT2D eigenvalue weighted by molar-refractivity contribution is -0.142. The van der Waals surface area contributed by atoms with Gasteiger partial charge in [0, 0.05) is 16.8 Å². The highest BCUT2D eigenvalue weighted by atomic mass is 35.5. The number of carbonyl (C=O) groups excluding carboxylic acids is 2. The van der Waals surface area contributed by atoms with E-state index in [0.29, 0.717) is 17.0 Å². The highest BCUT2D eigenvalue weighted by molar-refractivity contribution is 6.35. The van der Waals surface area contributed by atoms with E-state index in [-0.39, 0.29) is 23.3 Å². The van der Waals surface area contributed by atoms with Crippen molar-refractivity contribution in [1.29, 1.82) is 0 Å². The molecule has 10 heteroatoms. The van der Waals surface area contributed by atoms with Gasteiger partial charge < -0.3 is 14.8 Å². The predicted octanol–water partition coefficient (Wildman–Crippen LogP) is 5.82. The molecule has 1 aliphatic heterocycles. The maximum Gasteiger partial charge on any atom is 0.417 e. The second kappa shape index (κ2) is 10.4. The molecule has 0 unspecified atom stereocenters. The third-order valence-corrected chi connectivity index (χ3v) is 5.82.